The third-order valence-corrected chi connectivity index (χ3v) is 5.71. The molecule has 0 bridgehead atoms. The Labute approximate surface area is 130 Å². The van der Waals surface area contributed by atoms with E-state index in [9.17, 15) is 8.42 Å². The van der Waals surface area contributed by atoms with Crippen LogP contribution in [0.1, 0.15) is 12.7 Å². The van der Waals surface area contributed by atoms with E-state index in [1.165, 1.54) is 10.5 Å². The third-order valence-electron chi connectivity index (χ3n) is 3.86. The number of hydrogen-bond acceptors (Lipinski definition) is 5. The van der Waals surface area contributed by atoms with Gasteiger partial charge in [-0.1, -0.05) is 0 Å². The Morgan fingerprint density at radius 1 is 1.27 bits per heavy atom. The maximum absolute atomic E-state index is 12.6. The second kappa shape index (κ2) is 6.23. The molecular formula is C14H20N4O3S. The van der Waals surface area contributed by atoms with Crippen molar-refractivity contribution >= 4 is 10.0 Å². The monoisotopic (exact) mass is 324 g/mol. The predicted octanol–water partition coefficient (Wildman–Crippen LogP) is 1.00. The maximum atomic E-state index is 12.6. The van der Waals surface area contributed by atoms with Crippen LogP contribution >= 0.6 is 0 Å². The number of sulfonamides is 1. The normalized spacial score (nSPS) is 17.9. The second-order valence-electron chi connectivity index (χ2n) is 5.29. The molecule has 3 rings (SSSR count). The third kappa shape index (κ3) is 3.08. The standard InChI is InChI=1S/C14H20N4O3S/c1-2-17-12-14(10-15-17)22(19,20)18-7-5-16(6-8-18)11-13-4-3-9-21-13/h3-4,9-10,12H,2,5-8,11H2,1H3. The molecule has 0 saturated carbocycles. The van der Waals surface area contributed by atoms with Crippen LogP contribution in [0.4, 0.5) is 0 Å². The summed E-state index contributed by atoms with van der Waals surface area (Å²) in [5.74, 6) is 0.903. The van der Waals surface area contributed by atoms with Gasteiger partial charge < -0.3 is 4.42 Å². The fraction of sp³-hybridized carbons (Fsp3) is 0.500. The van der Waals surface area contributed by atoms with Crippen LogP contribution in [0.15, 0.2) is 40.1 Å². The van der Waals surface area contributed by atoms with Crippen molar-refractivity contribution in [3.8, 4) is 0 Å². The van der Waals surface area contributed by atoms with Gasteiger partial charge in [0.15, 0.2) is 0 Å². The molecule has 0 atom stereocenters. The molecule has 1 fully saturated rings. The summed E-state index contributed by atoms with van der Waals surface area (Å²) >= 11 is 0. The number of hydrogen-bond donors (Lipinski definition) is 0. The molecule has 3 heterocycles. The Morgan fingerprint density at radius 3 is 2.64 bits per heavy atom. The van der Waals surface area contributed by atoms with Crippen LogP contribution in [-0.4, -0.2) is 53.6 Å². The van der Waals surface area contributed by atoms with Crippen molar-refractivity contribution in [1.29, 1.82) is 0 Å². The average molecular weight is 324 g/mol. The predicted molar refractivity (Wildman–Crippen MR) is 80.6 cm³/mol. The molecule has 22 heavy (non-hydrogen) atoms. The van der Waals surface area contributed by atoms with E-state index in [4.69, 9.17) is 4.42 Å². The van der Waals surface area contributed by atoms with Crippen molar-refractivity contribution in [2.24, 2.45) is 0 Å². The lowest BCUT2D eigenvalue weighted by atomic mass is 10.3. The summed E-state index contributed by atoms with van der Waals surface area (Å²) < 4.78 is 33.6. The maximum Gasteiger partial charge on any atom is 0.246 e. The van der Waals surface area contributed by atoms with Crippen LogP contribution in [0, 0.1) is 0 Å². The number of furan rings is 1. The van der Waals surface area contributed by atoms with Gasteiger partial charge in [0.25, 0.3) is 0 Å². The minimum atomic E-state index is -3.44. The zero-order valence-corrected chi connectivity index (χ0v) is 13.4. The molecule has 0 amide bonds. The zero-order valence-electron chi connectivity index (χ0n) is 12.6. The highest BCUT2D eigenvalue weighted by molar-refractivity contribution is 7.89. The molecular weight excluding hydrogens is 304 g/mol. The molecule has 120 valence electrons. The van der Waals surface area contributed by atoms with Gasteiger partial charge in [-0.15, -0.1) is 0 Å². The largest absolute Gasteiger partial charge is 0.468 e. The van der Waals surface area contributed by atoms with E-state index >= 15 is 0 Å². The van der Waals surface area contributed by atoms with Crippen molar-refractivity contribution in [3.05, 3.63) is 36.5 Å². The minimum Gasteiger partial charge on any atom is -0.468 e. The van der Waals surface area contributed by atoms with Gasteiger partial charge in [0.05, 0.1) is 19.0 Å². The Hall–Kier alpha value is -1.64. The van der Waals surface area contributed by atoms with Crippen molar-refractivity contribution in [2.75, 3.05) is 26.2 Å². The molecule has 0 aromatic carbocycles. The van der Waals surface area contributed by atoms with E-state index in [2.05, 4.69) is 10.00 Å². The van der Waals surface area contributed by atoms with Crippen LogP contribution in [0.5, 0.6) is 0 Å². The summed E-state index contributed by atoms with van der Waals surface area (Å²) in [6.07, 6.45) is 4.67. The number of rotatable bonds is 5. The highest BCUT2D eigenvalue weighted by Crippen LogP contribution is 2.18. The van der Waals surface area contributed by atoms with Gasteiger partial charge in [-0.05, 0) is 19.1 Å². The Balaban J connectivity index is 1.62. The zero-order chi connectivity index (χ0) is 15.6. The average Bonchev–Trinajstić information content (AvgIpc) is 3.19. The molecule has 1 aliphatic rings. The van der Waals surface area contributed by atoms with E-state index < -0.39 is 10.0 Å². The first-order valence-corrected chi connectivity index (χ1v) is 8.81. The highest BCUT2D eigenvalue weighted by atomic mass is 32.2. The molecule has 0 spiro atoms. The molecule has 1 aliphatic heterocycles. The molecule has 2 aromatic rings. The van der Waals surface area contributed by atoms with Crippen LogP contribution in [0.2, 0.25) is 0 Å². The summed E-state index contributed by atoms with van der Waals surface area (Å²) in [6.45, 7) is 5.67. The van der Waals surface area contributed by atoms with Crippen molar-refractivity contribution in [2.45, 2.75) is 24.9 Å². The smallest absolute Gasteiger partial charge is 0.246 e. The van der Waals surface area contributed by atoms with Gasteiger partial charge >= 0.3 is 0 Å². The Kier molecular flexibility index (Phi) is 4.32. The first-order chi connectivity index (χ1) is 10.6. The van der Waals surface area contributed by atoms with Crippen LogP contribution in [-0.2, 0) is 23.1 Å². The van der Waals surface area contributed by atoms with Crippen molar-refractivity contribution in [1.82, 2.24) is 19.0 Å². The number of piperazine rings is 1. The molecule has 0 aliphatic carbocycles. The molecule has 0 radical (unpaired) electrons. The number of aryl methyl sites for hydroxylation is 1. The quantitative estimate of drug-likeness (QED) is 0.820. The second-order valence-corrected chi connectivity index (χ2v) is 7.23. The summed E-state index contributed by atoms with van der Waals surface area (Å²) in [5.41, 5.74) is 0. The Morgan fingerprint density at radius 2 is 2.05 bits per heavy atom. The fourth-order valence-electron chi connectivity index (χ4n) is 2.55. The van der Waals surface area contributed by atoms with Crippen molar-refractivity contribution in [3.63, 3.8) is 0 Å². The number of nitrogens with zero attached hydrogens (tertiary/aromatic N) is 4. The lowest BCUT2D eigenvalue weighted by Crippen LogP contribution is -2.48. The Bertz CT molecular complexity index is 700. The van der Waals surface area contributed by atoms with Gasteiger partial charge in [0.1, 0.15) is 10.7 Å². The lowest BCUT2D eigenvalue weighted by Gasteiger charge is -2.33. The molecule has 0 N–H and O–H groups in total. The summed E-state index contributed by atoms with van der Waals surface area (Å²) in [6, 6.07) is 3.80. The highest BCUT2D eigenvalue weighted by Gasteiger charge is 2.29. The molecule has 0 unspecified atom stereocenters. The topological polar surface area (TPSA) is 71.6 Å². The van der Waals surface area contributed by atoms with Gasteiger partial charge in [-0.3, -0.25) is 9.58 Å². The molecule has 8 heteroatoms. The molecule has 1 saturated heterocycles. The van der Waals surface area contributed by atoms with Crippen molar-refractivity contribution < 1.29 is 12.8 Å². The van der Waals surface area contributed by atoms with E-state index in [0.717, 1.165) is 5.76 Å². The van der Waals surface area contributed by atoms with Crippen LogP contribution in [0.3, 0.4) is 0 Å². The van der Waals surface area contributed by atoms with Gasteiger partial charge in [0, 0.05) is 38.9 Å². The van der Waals surface area contributed by atoms with Gasteiger partial charge in [-0.2, -0.15) is 9.40 Å². The van der Waals surface area contributed by atoms with Gasteiger partial charge in [0.2, 0.25) is 10.0 Å². The van der Waals surface area contributed by atoms with E-state index in [0.29, 0.717) is 39.3 Å². The SMILES string of the molecule is CCn1cc(S(=O)(=O)N2CCN(Cc3ccco3)CC2)cn1. The first-order valence-electron chi connectivity index (χ1n) is 7.37. The van der Waals surface area contributed by atoms with E-state index in [-0.39, 0.29) is 4.90 Å². The number of aromatic nitrogens is 2. The first kappa shape index (κ1) is 15.3. The van der Waals surface area contributed by atoms with Crippen LogP contribution in [0.25, 0.3) is 0 Å². The molecule has 2 aromatic heterocycles. The summed E-state index contributed by atoms with van der Waals surface area (Å²) in [4.78, 5) is 2.47. The van der Waals surface area contributed by atoms with Gasteiger partial charge in [-0.25, -0.2) is 8.42 Å². The fourth-order valence-corrected chi connectivity index (χ4v) is 3.93. The van der Waals surface area contributed by atoms with E-state index in [1.54, 1.807) is 17.1 Å². The summed E-state index contributed by atoms with van der Waals surface area (Å²) in [7, 11) is -3.44. The lowest BCUT2D eigenvalue weighted by molar-refractivity contribution is 0.171. The summed E-state index contributed by atoms with van der Waals surface area (Å²) in [5, 5.41) is 4.05. The minimum absolute atomic E-state index is 0.272. The van der Waals surface area contributed by atoms with Crippen LogP contribution < -0.4 is 0 Å². The molecule has 7 nitrogen and oxygen atoms in total. The van der Waals surface area contributed by atoms with E-state index in [1.807, 2.05) is 19.1 Å².